The first-order chi connectivity index (χ1) is 15.4. The number of carbonyl (C=O) groups excluding carboxylic acids is 1. The molecule has 0 atom stereocenters. The topological polar surface area (TPSA) is 78.3 Å². The van der Waals surface area contributed by atoms with E-state index in [2.05, 4.69) is 32.9 Å². The third kappa shape index (κ3) is 6.24. The molecule has 0 bridgehead atoms. The van der Waals surface area contributed by atoms with E-state index in [1.165, 1.54) is 36.0 Å². The van der Waals surface area contributed by atoms with Gasteiger partial charge in [-0.25, -0.2) is 0 Å². The van der Waals surface area contributed by atoms with E-state index in [1.807, 2.05) is 6.08 Å². The van der Waals surface area contributed by atoms with Gasteiger partial charge in [-0.3, -0.25) is 4.79 Å². The maximum absolute atomic E-state index is 12.7. The number of anilines is 2. The van der Waals surface area contributed by atoms with Gasteiger partial charge >= 0.3 is 0 Å². The van der Waals surface area contributed by atoms with Crippen molar-refractivity contribution in [2.45, 2.75) is 46.5 Å². The van der Waals surface area contributed by atoms with Gasteiger partial charge in [0.15, 0.2) is 5.78 Å². The SMILES string of the molecule is CCCCCc1cc(C)c(/C=C/C(=O)c2ccc(Oc3cc(N)cc(N)c3)cc2)cc1C. The molecule has 0 aliphatic rings. The van der Waals surface area contributed by atoms with Crippen molar-refractivity contribution in [2.75, 3.05) is 11.5 Å². The van der Waals surface area contributed by atoms with Crippen LogP contribution in [0, 0.1) is 13.8 Å². The average Bonchev–Trinajstić information content (AvgIpc) is 2.74. The number of unbranched alkanes of at least 4 members (excludes halogenated alkanes) is 2. The van der Waals surface area contributed by atoms with Crippen molar-refractivity contribution in [3.05, 3.63) is 88.5 Å². The van der Waals surface area contributed by atoms with E-state index in [9.17, 15) is 4.79 Å². The number of benzene rings is 3. The number of ketones is 1. The fourth-order valence-electron chi connectivity index (χ4n) is 3.70. The summed E-state index contributed by atoms with van der Waals surface area (Å²) in [7, 11) is 0. The van der Waals surface area contributed by atoms with Gasteiger partial charge in [0.1, 0.15) is 11.5 Å². The third-order valence-electron chi connectivity index (χ3n) is 5.51. The predicted octanol–water partition coefficient (Wildman–Crippen LogP) is 6.89. The summed E-state index contributed by atoms with van der Waals surface area (Å²) in [5.74, 6) is 1.12. The Balaban J connectivity index is 1.67. The second-order valence-corrected chi connectivity index (χ2v) is 8.25. The summed E-state index contributed by atoms with van der Waals surface area (Å²) in [6, 6.07) is 16.6. The summed E-state index contributed by atoms with van der Waals surface area (Å²) in [6.45, 7) is 6.47. The number of aryl methyl sites for hydroxylation is 3. The van der Waals surface area contributed by atoms with Crippen LogP contribution < -0.4 is 16.2 Å². The van der Waals surface area contributed by atoms with Gasteiger partial charge in [-0.2, -0.15) is 0 Å². The summed E-state index contributed by atoms with van der Waals surface area (Å²) >= 11 is 0. The summed E-state index contributed by atoms with van der Waals surface area (Å²) < 4.78 is 5.79. The number of ether oxygens (including phenoxy) is 1. The Hall–Kier alpha value is -3.53. The van der Waals surface area contributed by atoms with Crippen molar-refractivity contribution in [3.8, 4) is 11.5 Å². The molecule has 32 heavy (non-hydrogen) atoms. The molecule has 3 aromatic rings. The van der Waals surface area contributed by atoms with E-state index in [4.69, 9.17) is 16.2 Å². The first-order valence-corrected chi connectivity index (χ1v) is 11.1. The molecular formula is C28H32N2O2. The van der Waals surface area contributed by atoms with Crippen LogP contribution in [0.4, 0.5) is 11.4 Å². The molecule has 4 heteroatoms. The highest BCUT2D eigenvalue weighted by Gasteiger charge is 2.06. The number of rotatable bonds is 9. The first kappa shape index (κ1) is 23.1. The lowest BCUT2D eigenvalue weighted by Gasteiger charge is -2.10. The zero-order valence-corrected chi connectivity index (χ0v) is 19.2. The fourth-order valence-corrected chi connectivity index (χ4v) is 3.70. The summed E-state index contributed by atoms with van der Waals surface area (Å²) in [4.78, 5) is 12.7. The van der Waals surface area contributed by atoms with Crippen LogP contribution in [0.15, 0.2) is 60.7 Å². The smallest absolute Gasteiger partial charge is 0.185 e. The average molecular weight is 429 g/mol. The molecule has 0 unspecified atom stereocenters. The molecule has 0 heterocycles. The molecule has 0 saturated heterocycles. The minimum Gasteiger partial charge on any atom is -0.457 e. The normalized spacial score (nSPS) is 11.1. The number of carbonyl (C=O) groups is 1. The maximum Gasteiger partial charge on any atom is 0.185 e. The highest BCUT2D eigenvalue weighted by molar-refractivity contribution is 6.06. The van der Waals surface area contributed by atoms with Gasteiger partial charge in [0.05, 0.1) is 0 Å². The Kier molecular flexibility index (Phi) is 7.72. The molecule has 4 N–H and O–H groups in total. The van der Waals surface area contributed by atoms with E-state index in [1.54, 1.807) is 48.5 Å². The Morgan fingerprint density at radius 1 is 0.875 bits per heavy atom. The standard InChI is InChI=1S/C28H32N2O2/c1-4-5-6-7-22-14-20(3)23(15-19(22)2)10-13-28(31)21-8-11-26(12-9-21)32-27-17-24(29)16-25(30)18-27/h8-18H,4-7,29-30H2,1-3H3/b13-10+. The van der Waals surface area contributed by atoms with E-state index in [-0.39, 0.29) is 5.78 Å². The van der Waals surface area contributed by atoms with Crippen molar-refractivity contribution >= 4 is 23.2 Å². The lowest BCUT2D eigenvalue weighted by Crippen LogP contribution is -1.96. The zero-order chi connectivity index (χ0) is 23.1. The Morgan fingerprint density at radius 2 is 1.56 bits per heavy atom. The van der Waals surface area contributed by atoms with Gasteiger partial charge in [0, 0.05) is 29.1 Å². The quantitative estimate of drug-likeness (QED) is 0.168. The highest BCUT2D eigenvalue weighted by Crippen LogP contribution is 2.26. The second kappa shape index (κ2) is 10.7. The molecule has 4 nitrogen and oxygen atoms in total. The van der Waals surface area contributed by atoms with Crippen molar-refractivity contribution in [1.29, 1.82) is 0 Å². The number of nitrogen functional groups attached to an aromatic ring is 2. The monoisotopic (exact) mass is 428 g/mol. The van der Waals surface area contributed by atoms with E-state index in [0.717, 1.165) is 12.0 Å². The van der Waals surface area contributed by atoms with Crippen LogP contribution in [0.5, 0.6) is 11.5 Å². The van der Waals surface area contributed by atoms with Gasteiger partial charge < -0.3 is 16.2 Å². The minimum absolute atomic E-state index is 0.0474. The van der Waals surface area contributed by atoms with Gasteiger partial charge in [0.25, 0.3) is 0 Å². The van der Waals surface area contributed by atoms with Crippen molar-refractivity contribution in [1.82, 2.24) is 0 Å². The predicted molar refractivity (Wildman–Crippen MR) is 134 cm³/mol. The van der Waals surface area contributed by atoms with Crippen LogP contribution in [-0.4, -0.2) is 5.78 Å². The molecule has 0 saturated carbocycles. The van der Waals surface area contributed by atoms with E-state index in [0.29, 0.717) is 28.4 Å². The minimum atomic E-state index is -0.0474. The molecule has 3 aromatic carbocycles. The zero-order valence-electron chi connectivity index (χ0n) is 19.2. The van der Waals surface area contributed by atoms with Gasteiger partial charge in [-0.05, 0) is 85.4 Å². The molecule has 0 spiro atoms. The summed E-state index contributed by atoms with van der Waals surface area (Å²) in [5, 5.41) is 0. The van der Waals surface area contributed by atoms with Crippen LogP contribution >= 0.6 is 0 Å². The van der Waals surface area contributed by atoms with Gasteiger partial charge in [-0.15, -0.1) is 0 Å². The van der Waals surface area contributed by atoms with Gasteiger partial charge in [0.2, 0.25) is 0 Å². The lowest BCUT2D eigenvalue weighted by atomic mass is 9.95. The summed E-state index contributed by atoms with van der Waals surface area (Å²) in [6.07, 6.45) is 8.35. The van der Waals surface area contributed by atoms with E-state index < -0.39 is 0 Å². The molecule has 0 radical (unpaired) electrons. The number of hydrogen-bond donors (Lipinski definition) is 2. The maximum atomic E-state index is 12.7. The Bertz CT molecular complexity index is 1090. The second-order valence-electron chi connectivity index (χ2n) is 8.25. The third-order valence-corrected chi connectivity index (χ3v) is 5.51. The molecule has 0 fully saturated rings. The van der Waals surface area contributed by atoms with Gasteiger partial charge in [-0.1, -0.05) is 38.0 Å². The molecule has 3 rings (SSSR count). The number of nitrogens with two attached hydrogens (primary N) is 2. The van der Waals surface area contributed by atoms with Crippen LogP contribution in [0.25, 0.3) is 6.08 Å². The number of allylic oxidation sites excluding steroid dienone is 1. The van der Waals surface area contributed by atoms with Crippen LogP contribution in [0.1, 0.15) is 58.8 Å². The fraction of sp³-hybridized carbons (Fsp3) is 0.250. The Morgan fingerprint density at radius 3 is 2.22 bits per heavy atom. The summed E-state index contributed by atoms with van der Waals surface area (Å²) in [5.41, 5.74) is 18.2. The van der Waals surface area contributed by atoms with Crippen LogP contribution in [0.2, 0.25) is 0 Å². The molecule has 0 aliphatic heterocycles. The molecule has 166 valence electrons. The lowest BCUT2D eigenvalue weighted by molar-refractivity contribution is 0.104. The first-order valence-electron chi connectivity index (χ1n) is 11.1. The van der Waals surface area contributed by atoms with E-state index >= 15 is 0 Å². The van der Waals surface area contributed by atoms with Crippen molar-refractivity contribution in [3.63, 3.8) is 0 Å². The largest absolute Gasteiger partial charge is 0.457 e. The van der Waals surface area contributed by atoms with Crippen LogP contribution in [0.3, 0.4) is 0 Å². The van der Waals surface area contributed by atoms with Crippen molar-refractivity contribution < 1.29 is 9.53 Å². The van der Waals surface area contributed by atoms with Crippen LogP contribution in [-0.2, 0) is 6.42 Å². The van der Waals surface area contributed by atoms with Crippen molar-refractivity contribution in [2.24, 2.45) is 0 Å². The molecule has 0 aromatic heterocycles. The molecular weight excluding hydrogens is 396 g/mol. The molecule has 0 amide bonds. The number of hydrogen-bond acceptors (Lipinski definition) is 4. The Labute approximate surface area is 190 Å². The molecule has 0 aliphatic carbocycles. The highest BCUT2D eigenvalue weighted by atomic mass is 16.5.